The molecular formula is C92H72N2S2. The zero-order valence-corrected chi connectivity index (χ0v) is 55.9. The minimum Gasteiger partial charge on any atom is -0.309 e. The number of para-hydroxylation sites is 3. The Balaban J connectivity index is 0.991. The van der Waals surface area contributed by atoms with Crippen LogP contribution in [0.15, 0.2) is 337 Å². The number of anilines is 3. The zero-order valence-electron chi connectivity index (χ0n) is 62.3. The van der Waals surface area contributed by atoms with Crippen molar-refractivity contribution in [2.24, 2.45) is 0 Å². The number of thiophene rings is 1. The number of aromatic nitrogens is 1. The van der Waals surface area contributed by atoms with E-state index < -0.39 is 36.3 Å². The Morgan fingerprint density at radius 2 is 0.833 bits per heavy atom. The SMILES string of the molecule is [2H]c1c([2H])c([2H])c2c(c1[2H])c1c([2H])c([2H])c([2H])c([2H])c1n2-c1cccc(N(c2cc(Sc3ccc(-c4cc(-c5ccccc5)cc(-c5ccccc5)c4)cc3-c3cc(C(C)(C)C)cc(C(C)(C)C)c3)cc(-c3ccc4sc5ccccc5c4c3)c2)c2c(-c3ccccc3)cccc2-c2ccccc2)c1. The van der Waals surface area contributed by atoms with Crippen LogP contribution in [0, 0.1) is 0 Å². The summed E-state index contributed by atoms with van der Waals surface area (Å²) in [6, 6.07) is 96.1. The maximum Gasteiger partial charge on any atom is 0.0645 e. The molecule has 2 heterocycles. The van der Waals surface area contributed by atoms with Gasteiger partial charge in [0.15, 0.2) is 0 Å². The monoisotopic (exact) mass is 1280 g/mol. The lowest BCUT2D eigenvalue weighted by atomic mass is 9.79. The molecule has 2 nitrogen and oxygen atoms in total. The van der Waals surface area contributed by atoms with E-state index in [2.05, 4.69) is 289 Å². The van der Waals surface area contributed by atoms with Crippen molar-refractivity contribution in [3.63, 3.8) is 0 Å². The Labute approximate surface area is 583 Å². The maximum atomic E-state index is 9.60. The maximum absolute atomic E-state index is 9.60. The summed E-state index contributed by atoms with van der Waals surface area (Å²) in [7, 11) is 0. The van der Waals surface area contributed by atoms with Gasteiger partial charge in [-0.3, -0.25) is 0 Å². The van der Waals surface area contributed by atoms with Gasteiger partial charge in [0, 0.05) is 68.9 Å². The van der Waals surface area contributed by atoms with Crippen molar-refractivity contribution in [1.82, 2.24) is 4.57 Å². The predicted octanol–water partition coefficient (Wildman–Crippen LogP) is 27.0. The Kier molecular flexibility index (Phi) is 13.4. The summed E-state index contributed by atoms with van der Waals surface area (Å²) in [4.78, 5) is 4.31. The van der Waals surface area contributed by atoms with E-state index in [1.165, 1.54) is 25.9 Å². The van der Waals surface area contributed by atoms with Crippen LogP contribution < -0.4 is 4.90 Å². The Morgan fingerprint density at radius 3 is 1.43 bits per heavy atom. The number of benzene rings is 14. The fourth-order valence-corrected chi connectivity index (χ4v) is 15.5. The number of hydrogen-bond acceptors (Lipinski definition) is 3. The summed E-state index contributed by atoms with van der Waals surface area (Å²) >= 11 is 3.51. The van der Waals surface area contributed by atoms with Crippen LogP contribution in [0.4, 0.5) is 17.1 Å². The molecule has 0 bridgehead atoms. The average Bonchev–Trinajstić information content (AvgIpc) is 1.54. The van der Waals surface area contributed by atoms with E-state index in [0.717, 1.165) is 104 Å². The van der Waals surface area contributed by atoms with Gasteiger partial charge in [-0.2, -0.15) is 0 Å². The van der Waals surface area contributed by atoms with Crippen LogP contribution in [0.3, 0.4) is 0 Å². The minimum absolute atomic E-state index is 0.00980. The lowest BCUT2D eigenvalue weighted by molar-refractivity contribution is 0.569. The first-order chi connectivity index (χ1) is 50.1. The smallest absolute Gasteiger partial charge is 0.0645 e. The van der Waals surface area contributed by atoms with Gasteiger partial charge in [0.25, 0.3) is 0 Å². The molecule has 16 aromatic rings. The molecule has 0 radical (unpaired) electrons. The lowest BCUT2D eigenvalue weighted by Gasteiger charge is -2.31. The van der Waals surface area contributed by atoms with Crippen molar-refractivity contribution in [2.45, 2.75) is 62.2 Å². The van der Waals surface area contributed by atoms with Crippen LogP contribution in [-0.4, -0.2) is 4.57 Å². The summed E-state index contributed by atoms with van der Waals surface area (Å²) in [5.41, 5.74) is 19.6. The summed E-state index contributed by atoms with van der Waals surface area (Å²) < 4.78 is 77.9. The largest absolute Gasteiger partial charge is 0.309 e. The van der Waals surface area contributed by atoms with E-state index in [1.54, 1.807) is 27.7 Å². The molecule has 0 amide bonds. The van der Waals surface area contributed by atoms with Crippen LogP contribution in [0.1, 0.15) is 63.6 Å². The minimum atomic E-state index is -0.498. The normalized spacial score (nSPS) is 13.1. The molecule has 2 aromatic heterocycles. The molecule has 0 atom stereocenters. The number of nitrogens with zero attached hydrogens (tertiary/aromatic N) is 2. The molecule has 0 saturated heterocycles. The Hall–Kier alpha value is -10.8. The highest BCUT2D eigenvalue weighted by molar-refractivity contribution is 7.99. The van der Waals surface area contributed by atoms with Crippen molar-refractivity contribution in [3.05, 3.63) is 339 Å². The van der Waals surface area contributed by atoms with Crippen LogP contribution in [0.25, 0.3) is 126 Å². The van der Waals surface area contributed by atoms with E-state index in [1.807, 2.05) is 36.4 Å². The number of rotatable bonds is 13. The molecule has 16 rings (SSSR count). The van der Waals surface area contributed by atoms with E-state index in [4.69, 9.17) is 5.48 Å². The first-order valence-electron chi connectivity index (χ1n) is 36.6. The molecule has 96 heavy (non-hydrogen) atoms. The van der Waals surface area contributed by atoms with Crippen LogP contribution in [-0.2, 0) is 10.8 Å². The molecule has 0 fully saturated rings. The quantitative estimate of drug-likeness (QED) is 0.114. The molecule has 0 aliphatic rings. The molecule has 0 spiro atoms. The third-order valence-electron chi connectivity index (χ3n) is 18.3. The highest BCUT2D eigenvalue weighted by Crippen LogP contribution is 2.51. The second kappa shape index (κ2) is 24.9. The molecular weight excluding hydrogens is 1200 g/mol. The van der Waals surface area contributed by atoms with Gasteiger partial charge in [-0.25, -0.2) is 0 Å². The summed E-state index contributed by atoms with van der Waals surface area (Å²) in [6.45, 7) is 13.8. The van der Waals surface area contributed by atoms with Gasteiger partial charge in [-0.15, -0.1) is 11.3 Å². The molecule has 0 N–H and O–H groups in total. The highest BCUT2D eigenvalue weighted by Gasteiger charge is 2.27. The summed E-state index contributed by atoms with van der Waals surface area (Å²) in [6.07, 6.45) is 0. The summed E-state index contributed by atoms with van der Waals surface area (Å²) in [5.74, 6) is 0. The molecule has 0 saturated carbocycles. The van der Waals surface area contributed by atoms with E-state index in [0.29, 0.717) is 11.4 Å². The zero-order chi connectivity index (χ0) is 72.0. The fraction of sp³-hybridized carbons (Fsp3) is 0.0870. The van der Waals surface area contributed by atoms with Gasteiger partial charge >= 0.3 is 0 Å². The van der Waals surface area contributed by atoms with E-state index in [-0.39, 0.29) is 44.7 Å². The molecule has 462 valence electrons. The lowest BCUT2D eigenvalue weighted by Crippen LogP contribution is -2.16. The molecule has 0 aliphatic carbocycles. The van der Waals surface area contributed by atoms with Crippen molar-refractivity contribution < 1.29 is 11.0 Å². The molecule has 0 unspecified atom stereocenters. The predicted molar refractivity (Wildman–Crippen MR) is 414 cm³/mol. The van der Waals surface area contributed by atoms with Crippen molar-refractivity contribution in [1.29, 1.82) is 0 Å². The van der Waals surface area contributed by atoms with Gasteiger partial charge in [0.05, 0.1) is 27.7 Å². The van der Waals surface area contributed by atoms with E-state index >= 15 is 0 Å². The number of fused-ring (bicyclic) bond motifs is 6. The first kappa shape index (κ1) is 51.6. The van der Waals surface area contributed by atoms with Crippen molar-refractivity contribution >= 4 is 82.1 Å². The van der Waals surface area contributed by atoms with Gasteiger partial charge in [0.1, 0.15) is 0 Å². The first-order valence-corrected chi connectivity index (χ1v) is 34.2. The fourth-order valence-electron chi connectivity index (χ4n) is 13.4. The van der Waals surface area contributed by atoms with Gasteiger partial charge < -0.3 is 9.47 Å². The van der Waals surface area contributed by atoms with Gasteiger partial charge in [0.2, 0.25) is 0 Å². The van der Waals surface area contributed by atoms with Crippen LogP contribution in [0.5, 0.6) is 0 Å². The molecule has 4 heteroatoms. The van der Waals surface area contributed by atoms with Crippen LogP contribution >= 0.6 is 23.1 Å². The third kappa shape index (κ3) is 11.6. The highest BCUT2D eigenvalue weighted by atomic mass is 32.2. The van der Waals surface area contributed by atoms with Crippen molar-refractivity contribution in [3.8, 4) is 83.6 Å². The summed E-state index contributed by atoms with van der Waals surface area (Å²) in [5, 5.41) is 2.36. The number of hydrogen-bond donors (Lipinski definition) is 0. The van der Waals surface area contributed by atoms with Gasteiger partial charge in [-0.05, 0) is 186 Å². The topological polar surface area (TPSA) is 8.17 Å². The van der Waals surface area contributed by atoms with Crippen LogP contribution in [0.2, 0.25) is 0 Å². The average molecular weight is 1280 g/mol. The molecule has 14 aromatic carbocycles. The Bertz CT molecular complexity index is 5850. The van der Waals surface area contributed by atoms with E-state index in [9.17, 15) is 5.48 Å². The Morgan fingerprint density at radius 1 is 0.333 bits per heavy atom. The third-order valence-corrected chi connectivity index (χ3v) is 20.5. The van der Waals surface area contributed by atoms with Gasteiger partial charge in [-0.1, -0.05) is 284 Å². The molecule has 0 aliphatic heterocycles. The van der Waals surface area contributed by atoms with Crippen molar-refractivity contribution in [2.75, 3.05) is 4.90 Å². The second-order valence-corrected chi connectivity index (χ2v) is 28.9. The second-order valence-electron chi connectivity index (χ2n) is 26.7. The standard InChI is InChI=1S/C92H72N2S2/c1-91(2,3)72-52-71(53-73(58-72)92(4,5)6)83-56-65(69-50-67(61-27-11-7-12-28-61)49-68(51-69)62-29-13-8-14-30-62)45-47-88(83)95-77-55-70(66-46-48-89-84(57-66)82-39-21-24-44-87(82)96-89)54-76(60-77)93(90-78(63-31-15-9-16-32-63)40-26-41-79(90)64-33-17-10-18-34-64)74-35-25-36-75(59-74)94-85-42-22-19-37-80(85)81-38-20-23-43-86(81)94/h7-60H,1-6H3/i19D,20D,22D,23D,37D,38D,42D,43D.